The van der Waals surface area contributed by atoms with E-state index in [2.05, 4.69) is 15.3 Å². The Balaban J connectivity index is 1.46. The molecule has 0 unspecified atom stereocenters. The second kappa shape index (κ2) is 9.86. The number of nitrogens with zero attached hydrogens (tertiary/aromatic N) is 2. The van der Waals surface area contributed by atoms with Crippen LogP contribution in [0.3, 0.4) is 0 Å². The maximum Gasteiger partial charge on any atom is 0.263 e. The first-order valence-electron chi connectivity index (χ1n) is 9.78. The summed E-state index contributed by atoms with van der Waals surface area (Å²) in [6.07, 6.45) is 5.51. The number of hydrogen-bond donors (Lipinski definition) is 2. The first kappa shape index (κ1) is 20.6. The number of carbonyl (C=O) groups is 2. The Morgan fingerprint density at radius 2 is 2.24 bits per heavy atom. The van der Waals surface area contributed by atoms with Crippen molar-refractivity contribution in [3.8, 4) is 5.75 Å². The fourth-order valence-electron chi connectivity index (χ4n) is 3.56. The Hall–Kier alpha value is -3.16. The van der Waals surface area contributed by atoms with Gasteiger partial charge in [-0.25, -0.2) is 4.98 Å². The Bertz CT molecular complexity index is 911. The van der Waals surface area contributed by atoms with Crippen LogP contribution in [0.25, 0.3) is 0 Å². The van der Waals surface area contributed by atoms with E-state index in [0.717, 1.165) is 24.2 Å². The summed E-state index contributed by atoms with van der Waals surface area (Å²) in [4.78, 5) is 44.6. The maximum absolute atomic E-state index is 12.6. The van der Waals surface area contributed by atoms with E-state index in [-0.39, 0.29) is 23.3 Å². The number of piperidine rings is 1. The molecule has 0 aliphatic carbocycles. The molecule has 1 aliphatic heterocycles. The standard InChI is InChI=1S/C21H26N4O4/c1-29-17-6-2-4-16(10-17)11-23-19(26)8-7-15-5-3-9-25(13-15)21(28)18-12-22-14-24-20(18)27/h2,4,6,10,12,14-15H,3,5,7-9,11,13H2,1H3,(H,23,26)(H,22,24,27)/t15-/m0/s1. The molecule has 2 amide bonds. The van der Waals surface area contributed by atoms with E-state index in [4.69, 9.17) is 4.74 Å². The van der Waals surface area contributed by atoms with Gasteiger partial charge in [0, 0.05) is 32.3 Å². The van der Waals surface area contributed by atoms with Gasteiger partial charge in [-0.1, -0.05) is 12.1 Å². The third-order valence-electron chi connectivity index (χ3n) is 5.16. The van der Waals surface area contributed by atoms with E-state index >= 15 is 0 Å². The lowest BCUT2D eigenvalue weighted by Gasteiger charge is -2.32. The van der Waals surface area contributed by atoms with E-state index in [1.165, 1.54) is 12.5 Å². The molecule has 154 valence electrons. The first-order chi connectivity index (χ1) is 14.1. The highest BCUT2D eigenvalue weighted by atomic mass is 16.5. The number of aromatic nitrogens is 2. The van der Waals surface area contributed by atoms with Crippen LogP contribution in [0.2, 0.25) is 0 Å². The van der Waals surface area contributed by atoms with Crippen LogP contribution >= 0.6 is 0 Å². The van der Waals surface area contributed by atoms with Gasteiger partial charge in [0.15, 0.2) is 0 Å². The average Bonchev–Trinajstić information content (AvgIpc) is 2.76. The minimum atomic E-state index is -0.427. The van der Waals surface area contributed by atoms with Crippen molar-refractivity contribution < 1.29 is 14.3 Å². The second-order valence-electron chi connectivity index (χ2n) is 7.22. The van der Waals surface area contributed by atoms with Crippen LogP contribution in [0.1, 0.15) is 41.6 Å². The van der Waals surface area contributed by atoms with Gasteiger partial charge in [-0.3, -0.25) is 14.4 Å². The first-order valence-corrected chi connectivity index (χ1v) is 9.78. The van der Waals surface area contributed by atoms with Gasteiger partial charge in [0.1, 0.15) is 11.3 Å². The highest BCUT2D eigenvalue weighted by Gasteiger charge is 2.26. The number of ether oxygens (including phenoxy) is 1. The maximum atomic E-state index is 12.6. The quantitative estimate of drug-likeness (QED) is 0.739. The Labute approximate surface area is 169 Å². The fourth-order valence-corrected chi connectivity index (χ4v) is 3.56. The molecule has 1 aromatic carbocycles. The zero-order valence-electron chi connectivity index (χ0n) is 16.5. The number of benzene rings is 1. The van der Waals surface area contributed by atoms with Crippen molar-refractivity contribution in [3.63, 3.8) is 0 Å². The number of carbonyl (C=O) groups excluding carboxylic acids is 2. The molecule has 0 bridgehead atoms. The van der Waals surface area contributed by atoms with Gasteiger partial charge in [-0.15, -0.1) is 0 Å². The number of hydrogen-bond acceptors (Lipinski definition) is 5. The Kier molecular flexibility index (Phi) is 6.99. The van der Waals surface area contributed by atoms with Crippen molar-refractivity contribution in [2.45, 2.75) is 32.2 Å². The SMILES string of the molecule is COc1cccc(CNC(=O)CC[C@@H]2CCCN(C(=O)c3cnc[nH]c3=O)C2)c1. The van der Waals surface area contributed by atoms with Gasteiger partial charge in [0.2, 0.25) is 5.91 Å². The summed E-state index contributed by atoms with van der Waals surface area (Å²) < 4.78 is 5.19. The van der Waals surface area contributed by atoms with Gasteiger partial charge >= 0.3 is 0 Å². The lowest BCUT2D eigenvalue weighted by atomic mass is 9.93. The van der Waals surface area contributed by atoms with Gasteiger partial charge in [0.05, 0.1) is 13.4 Å². The molecule has 0 spiro atoms. The molecule has 3 rings (SSSR count). The fraction of sp³-hybridized carbons (Fsp3) is 0.429. The number of aromatic amines is 1. The van der Waals surface area contributed by atoms with Crippen molar-refractivity contribution in [2.75, 3.05) is 20.2 Å². The molecule has 0 radical (unpaired) electrons. The van der Waals surface area contributed by atoms with E-state index in [1.807, 2.05) is 24.3 Å². The van der Waals surface area contributed by atoms with E-state index in [9.17, 15) is 14.4 Å². The van der Waals surface area contributed by atoms with Crippen LogP contribution in [-0.4, -0.2) is 46.9 Å². The van der Waals surface area contributed by atoms with Crippen molar-refractivity contribution in [2.24, 2.45) is 5.92 Å². The Morgan fingerprint density at radius 1 is 1.38 bits per heavy atom. The molecule has 1 aliphatic rings. The number of likely N-dealkylation sites (tertiary alicyclic amines) is 1. The third kappa shape index (κ3) is 5.66. The summed E-state index contributed by atoms with van der Waals surface area (Å²) in [5.74, 6) is 0.689. The van der Waals surface area contributed by atoms with Crippen molar-refractivity contribution >= 4 is 11.8 Å². The largest absolute Gasteiger partial charge is 0.497 e. The molecular weight excluding hydrogens is 372 g/mol. The van der Waals surface area contributed by atoms with Crippen molar-refractivity contribution in [3.05, 3.63) is 58.3 Å². The van der Waals surface area contributed by atoms with Crippen LogP contribution in [0.4, 0.5) is 0 Å². The molecule has 8 nitrogen and oxygen atoms in total. The number of amides is 2. The summed E-state index contributed by atoms with van der Waals surface area (Å²) in [5, 5.41) is 2.93. The van der Waals surface area contributed by atoms with Gasteiger partial charge in [0.25, 0.3) is 11.5 Å². The monoisotopic (exact) mass is 398 g/mol. The van der Waals surface area contributed by atoms with E-state index in [0.29, 0.717) is 32.5 Å². The number of nitrogens with one attached hydrogen (secondary N) is 2. The molecule has 0 saturated carbocycles. The summed E-state index contributed by atoms with van der Waals surface area (Å²) >= 11 is 0. The molecule has 1 saturated heterocycles. The molecule has 1 aromatic heterocycles. The van der Waals surface area contributed by atoms with Gasteiger partial charge in [-0.05, 0) is 42.9 Å². The lowest BCUT2D eigenvalue weighted by Crippen LogP contribution is -2.42. The van der Waals surface area contributed by atoms with E-state index in [1.54, 1.807) is 12.0 Å². The predicted octanol–water partition coefficient (Wildman–Crippen LogP) is 1.73. The highest BCUT2D eigenvalue weighted by Crippen LogP contribution is 2.22. The van der Waals surface area contributed by atoms with Crippen molar-refractivity contribution in [1.29, 1.82) is 0 Å². The van der Waals surface area contributed by atoms with Crippen LogP contribution in [-0.2, 0) is 11.3 Å². The summed E-state index contributed by atoms with van der Waals surface area (Å²) in [6.45, 7) is 1.62. The van der Waals surface area contributed by atoms with Gasteiger partial charge < -0.3 is 19.9 Å². The summed E-state index contributed by atoms with van der Waals surface area (Å²) in [7, 11) is 1.61. The highest BCUT2D eigenvalue weighted by molar-refractivity contribution is 5.93. The zero-order valence-corrected chi connectivity index (χ0v) is 16.5. The van der Waals surface area contributed by atoms with Crippen LogP contribution in [0.5, 0.6) is 5.75 Å². The second-order valence-corrected chi connectivity index (χ2v) is 7.22. The normalized spacial score (nSPS) is 16.3. The number of methoxy groups -OCH3 is 1. The molecule has 2 N–H and O–H groups in total. The molecular formula is C21H26N4O4. The van der Waals surface area contributed by atoms with Gasteiger partial charge in [-0.2, -0.15) is 0 Å². The van der Waals surface area contributed by atoms with Crippen molar-refractivity contribution in [1.82, 2.24) is 20.2 Å². The average molecular weight is 398 g/mol. The Morgan fingerprint density at radius 3 is 3.03 bits per heavy atom. The van der Waals surface area contributed by atoms with Crippen LogP contribution in [0, 0.1) is 5.92 Å². The van der Waals surface area contributed by atoms with E-state index < -0.39 is 5.56 Å². The summed E-state index contributed by atoms with van der Waals surface area (Å²) in [5.41, 5.74) is 0.613. The smallest absolute Gasteiger partial charge is 0.263 e. The summed E-state index contributed by atoms with van der Waals surface area (Å²) in [6, 6.07) is 7.58. The number of rotatable bonds is 7. The molecule has 2 heterocycles. The molecule has 2 aromatic rings. The third-order valence-corrected chi connectivity index (χ3v) is 5.16. The molecule has 8 heteroatoms. The minimum Gasteiger partial charge on any atom is -0.497 e. The zero-order chi connectivity index (χ0) is 20.6. The predicted molar refractivity (Wildman–Crippen MR) is 108 cm³/mol. The molecule has 29 heavy (non-hydrogen) atoms. The lowest BCUT2D eigenvalue weighted by molar-refractivity contribution is -0.121. The molecule has 1 atom stereocenters. The minimum absolute atomic E-state index is 0.0139. The topological polar surface area (TPSA) is 104 Å². The number of H-pyrrole nitrogens is 1. The van der Waals surface area contributed by atoms with Crippen LogP contribution < -0.4 is 15.6 Å². The van der Waals surface area contributed by atoms with Crippen LogP contribution in [0.15, 0.2) is 41.6 Å². The molecule has 1 fully saturated rings.